The molecule has 82 valence electrons. The molecule has 0 atom stereocenters. The molecule has 1 amide bonds. The first-order chi connectivity index (χ1) is 7.25. The molecule has 0 aliphatic heterocycles. The number of rotatable bonds is 2. The van der Waals surface area contributed by atoms with E-state index in [-0.39, 0.29) is 17.7 Å². The van der Waals surface area contributed by atoms with Crippen molar-refractivity contribution < 1.29 is 13.6 Å². The van der Waals surface area contributed by atoms with Gasteiger partial charge in [0, 0.05) is 6.04 Å². The Balaban J connectivity index is 1.94. The van der Waals surface area contributed by atoms with Crippen molar-refractivity contribution in [2.45, 2.75) is 38.1 Å². The van der Waals surface area contributed by atoms with Crippen LogP contribution in [0, 0.1) is 0 Å². The van der Waals surface area contributed by atoms with Crippen LogP contribution in [0.2, 0.25) is 0 Å². The van der Waals surface area contributed by atoms with Gasteiger partial charge in [0.25, 0.3) is 5.91 Å². The van der Waals surface area contributed by atoms with Gasteiger partial charge in [0.1, 0.15) is 6.26 Å². The summed E-state index contributed by atoms with van der Waals surface area (Å²) < 4.78 is 8.94. The summed E-state index contributed by atoms with van der Waals surface area (Å²) in [5.74, 6) is -1.26. The molecule has 0 spiro atoms. The predicted octanol–water partition coefficient (Wildman–Crippen LogP) is 1.30. The van der Waals surface area contributed by atoms with E-state index < -0.39 is 5.82 Å². The Labute approximate surface area is 86.5 Å². The predicted molar refractivity (Wildman–Crippen MR) is 51.6 cm³/mol. The zero-order chi connectivity index (χ0) is 10.7. The summed E-state index contributed by atoms with van der Waals surface area (Å²) in [5, 5.41) is 2.82. The molecule has 0 saturated heterocycles. The van der Waals surface area contributed by atoms with Crippen LogP contribution < -0.4 is 11.1 Å². The zero-order valence-corrected chi connectivity index (χ0v) is 8.32. The quantitative estimate of drug-likeness (QED) is 0.800. The maximum Gasteiger partial charge on any atom is 0.519 e. The molecule has 1 heterocycles. The van der Waals surface area contributed by atoms with Crippen molar-refractivity contribution in [3.05, 3.63) is 22.6 Å². The highest BCUT2D eigenvalue weighted by Gasteiger charge is 2.19. The molecular formula is C10H13NO4. The summed E-state index contributed by atoms with van der Waals surface area (Å²) in [4.78, 5) is 22.1. The standard InChI is InChI=1S/C10H13NO4/c12-9(8-6-14-10(13)15-8)11-7-4-2-1-3-5-7/h6-7H,1-5H2,(H,11,12). The van der Waals surface area contributed by atoms with E-state index in [1.807, 2.05) is 0 Å². The lowest BCUT2D eigenvalue weighted by Crippen LogP contribution is -2.36. The van der Waals surface area contributed by atoms with Gasteiger partial charge in [-0.3, -0.25) is 4.79 Å². The topological polar surface area (TPSA) is 72.5 Å². The summed E-state index contributed by atoms with van der Waals surface area (Å²) in [5.41, 5.74) is 0. The van der Waals surface area contributed by atoms with Crippen molar-refractivity contribution in [3.8, 4) is 0 Å². The highest BCUT2D eigenvalue weighted by atomic mass is 16.6. The monoisotopic (exact) mass is 211 g/mol. The van der Waals surface area contributed by atoms with Crippen LogP contribution in [-0.2, 0) is 0 Å². The first kappa shape index (κ1) is 10.0. The fourth-order valence-corrected chi connectivity index (χ4v) is 1.84. The van der Waals surface area contributed by atoms with Gasteiger partial charge in [-0.05, 0) is 12.8 Å². The second-order valence-corrected chi connectivity index (χ2v) is 3.76. The van der Waals surface area contributed by atoms with Crippen LogP contribution in [-0.4, -0.2) is 11.9 Å². The van der Waals surface area contributed by atoms with Gasteiger partial charge >= 0.3 is 5.82 Å². The maximum atomic E-state index is 11.5. The van der Waals surface area contributed by atoms with Crippen LogP contribution in [0.4, 0.5) is 0 Å². The summed E-state index contributed by atoms with van der Waals surface area (Å²) >= 11 is 0. The highest BCUT2D eigenvalue weighted by Crippen LogP contribution is 2.17. The Hall–Kier alpha value is -1.52. The minimum absolute atomic E-state index is 0.0504. The van der Waals surface area contributed by atoms with Gasteiger partial charge in [0.15, 0.2) is 0 Å². The number of hydrogen-bond acceptors (Lipinski definition) is 4. The van der Waals surface area contributed by atoms with Crippen molar-refractivity contribution in [3.63, 3.8) is 0 Å². The van der Waals surface area contributed by atoms with Crippen molar-refractivity contribution in [2.24, 2.45) is 0 Å². The molecule has 1 aliphatic carbocycles. The Morgan fingerprint density at radius 3 is 2.67 bits per heavy atom. The molecule has 5 nitrogen and oxygen atoms in total. The average Bonchev–Trinajstić information content (AvgIpc) is 2.66. The van der Waals surface area contributed by atoms with Crippen molar-refractivity contribution in [2.75, 3.05) is 0 Å². The van der Waals surface area contributed by atoms with Crippen LogP contribution in [0.3, 0.4) is 0 Å². The third-order valence-corrected chi connectivity index (χ3v) is 2.62. The van der Waals surface area contributed by atoms with Gasteiger partial charge in [0.05, 0.1) is 0 Å². The number of amides is 1. The summed E-state index contributed by atoms with van der Waals surface area (Å²) in [7, 11) is 0. The first-order valence-corrected chi connectivity index (χ1v) is 5.15. The molecule has 1 aromatic rings. The normalized spacial score (nSPS) is 17.6. The van der Waals surface area contributed by atoms with Crippen LogP contribution in [0.5, 0.6) is 0 Å². The molecule has 5 heteroatoms. The van der Waals surface area contributed by atoms with Crippen LogP contribution in [0.1, 0.15) is 42.7 Å². The van der Waals surface area contributed by atoms with Crippen molar-refractivity contribution in [1.29, 1.82) is 0 Å². The average molecular weight is 211 g/mol. The molecule has 1 aromatic heterocycles. The molecule has 0 radical (unpaired) electrons. The summed E-state index contributed by atoms with van der Waals surface area (Å²) in [6.07, 6.45) is 6.54. The Kier molecular flexibility index (Phi) is 2.89. The van der Waals surface area contributed by atoms with Gasteiger partial charge in [0.2, 0.25) is 5.76 Å². The highest BCUT2D eigenvalue weighted by molar-refractivity contribution is 5.91. The zero-order valence-electron chi connectivity index (χ0n) is 8.32. The smallest absolute Gasteiger partial charge is 0.398 e. The van der Waals surface area contributed by atoms with Crippen LogP contribution in [0.15, 0.2) is 19.9 Å². The number of nitrogens with one attached hydrogen (secondary N) is 1. The second kappa shape index (κ2) is 4.33. The van der Waals surface area contributed by atoms with Crippen LogP contribution >= 0.6 is 0 Å². The van der Waals surface area contributed by atoms with E-state index in [4.69, 9.17) is 0 Å². The van der Waals surface area contributed by atoms with E-state index in [9.17, 15) is 9.59 Å². The minimum atomic E-state index is -0.844. The number of hydrogen-bond donors (Lipinski definition) is 1. The van der Waals surface area contributed by atoms with Gasteiger partial charge < -0.3 is 14.2 Å². The van der Waals surface area contributed by atoms with E-state index in [0.29, 0.717) is 0 Å². The molecule has 1 saturated carbocycles. The lowest BCUT2D eigenvalue weighted by molar-refractivity contribution is 0.0897. The maximum absolute atomic E-state index is 11.5. The Morgan fingerprint density at radius 2 is 2.07 bits per heavy atom. The third-order valence-electron chi connectivity index (χ3n) is 2.62. The van der Waals surface area contributed by atoms with E-state index in [0.717, 1.165) is 31.9 Å². The third kappa shape index (κ3) is 2.49. The number of carbonyl (C=O) groups excluding carboxylic acids is 1. The van der Waals surface area contributed by atoms with Gasteiger partial charge in [-0.15, -0.1) is 0 Å². The largest absolute Gasteiger partial charge is 0.519 e. The lowest BCUT2D eigenvalue weighted by Gasteiger charge is -2.21. The van der Waals surface area contributed by atoms with Gasteiger partial charge in [-0.25, -0.2) is 4.79 Å². The number of carbonyl (C=O) groups is 1. The molecule has 15 heavy (non-hydrogen) atoms. The summed E-state index contributed by atoms with van der Waals surface area (Å²) in [6, 6.07) is 0.200. The van der Waals surface area contributed by atoms with E-state index >= 15 is 0 Å². The fourth-order valence-electron chi connectivity index (χ4n) is 1.84. The molecule has 1 aliphatic rings. The Bertz CT molecular complexity index is 386. The minimum Gasteiger partial charge on any atom is -0.398 e. The van der Waals surface area contributed by atoms with Gasteiger partial charge in [-0.2, -0.15) is 0 Å². The SMILES string of the molecule is O=C(NC1CCCCC1)c1coc(=O)o1. The second-order valence-electron chi connectivity index (χ2n) is 3.76. The molecule has 0 aromatic carbocycles. The Morgan fingerprint density at radius 1 is 1.33 bits per heavy atom. The van der Waals surface area contributed by atoms with E-state index in [2.05, 4.69) is 14.2 Å². The molecule has 0 bridgehead atoms. The molecular weight excluding hydrogens is 198 g/mol. The van der Waals surface area contributed by atoms with Crippen molar-refractivity contribution >= 4 is 5.91 Å². The molecule has 2 rings (SSSR count). The molecule has 1 fully saturated rings. The van der Waals surface area contributed by atoms with Crippen LogP contribution in [0.25, 0.3) is 0 Å². The van der Waals surface area contributed by atoms with E-state index in [1.165, 1.54) is 6.42 Å². The summed E-state index contributed by atoms with van der Waals surface area (Å²) in [6.45, 7) is 0. The first-order valence-electron chi connectivity index (χ1n) is 5.15. The van der Waals surface area contributed by atoms with Gasteiger partial charge in [-0.1, -0.05) is 19.3 Å². The molecule has 1 N–H and O–H groups in total. The van der Waals surface area contributed by atoms with E-state index in [1.54, 1.807) is 0 Å². The lowest BCUT2D eigenvalue weighted by atomic mass is 9.95. The fraction of sp³-hybridized carbons (Fsp3) is 0.600. The van der Waals surface area contributed by atoms with Crippen molar-refractivity contribution in [1.82, 2.24) is 5.32 Å². The molecule has 0 unspecified atom stereocenters.